The predicted molar refractivity (Wildman–Crippen MR) is 97.0 cm³/mol. The molecule has 0 aliphatic carbocycles. The minimum absolute atomic E-state index is 0.440. The Hall–Kier alpha value is -3.22. The molecule has 0 heterocycles. The van der Waals surface area contributed by atoms with Crippen LogP contribution in [0.25, 0.3) is 0 Å². The van der Waals surface area contributed by atoms with Crippen LogP contribution in [-0.2, 0) is 0 Å². The first kappa shape index (κ1) is 18.1. The number of carbonyl (C=O) groups is 1. The summed E-state index contributed by atoms with van der Waals surface area (Å²) in [7, 11) is 4.62. The summed E-state index contributed by atoms with van der Waals surface area (Å²) in [5.41, 5.74) is 4.73. The molecular weight excluding hydrogens is 322 g/mol. The van der Waals surface area contributed by atoms with Gasteiger partial charge in [-0.1, -0.05) is 18.2 Å². The first-order chi connectivity index (χ1) is 12.1. The molecule has 0 unspecified atom stereocenters. The Morgan fingerprint density at radius 1 is 1.00 bits per heavy atom. The number of benzene rings is 2. The first-order valence-electron chi connectivity index (χ1n) is 7.54. The van der Waals surface area contributed by atoms with Gasteiger partial charge in [0.2, 0.25) is 0 Å². The molecule has 0 aliphatic heterocycles. The lowest BCUT2D eigenvalue weighted by Gasteiger charge is -2.11. The van der Waals surface area contributed by atoms with E-state index in [0.717, 1.165) is 11.3 Å². The standard InChI is InChI=1S/C18H21N3O4/c1-12-7-5-6-8-14(12)20-18(22)21-19-11-13-9-16(24-3)17(25-4)10-15(13)23-2/h5-11H,1-4H3,(H2,20,21,22). The summed E-state index contributed by atoms with van der Waals surface area (Å²) in [6.45, 7) is 1.91. The Bertz CT molecular complexity index is 775. The summed E-state index contributed by atoms with van der Waals surface area (Å²) in [6.07, 6.45) is 1.47. The van der Waals surface area contributed by atoms with Gasteiger partial charge in [-0.2, -0.15) is 5.10 Å². The second kappa shape index (κ2) is 8.58. The number of para-hydroxylation sites is 1. The third-order valence-corrected chi connectivity index (χ3v) is 3.50. The van der Waals surface area contributed by atoms with E-state index in [0.29, 0.717) is 22.8 Å². The number of hydrazone groups is 1. The summed E-state index contributed by atoms with van der Waals surface area (Å²) < 4.78 is 15.8. The second-order valence-corrected chi connectivity index (χ2v) is 5.09. The third-order valence-electron chi connectivity index (χ3n) is 3.50. The number of aryl methyl sites for hydroxylation is 1. The average Bonchev–Trinajstić information content (AvgIpc) is 2.63. The van der Waals surface area contributed by atoms with Crippen molar-refractivity contribution in [2.24, 2.45) is 5.10 Å². The summed E-state index contributed by atoms with van der Waals surface area (Å²) in [6, 6.07) is 10.4. The fourth-order valence-corrected chi connectivity index (χ4v) is 2.18. The number of nitrogens with one attached hydrogen (secondary N) is 2. The number of carbonyl (C=O) groups excluding carboxylic acids is 1. The normalized spacial score (nSPS) is 10.4. The molecule has 7 nitrogen and oxygen atoms in total. The van der Waals surface area contributed by atoms with Crippen molar-refractivity contribution < 1.29 is 19.0 Å². The van der Waals surface area contributed by atoms with Gasteiger partial charge in [0.25, 0.3) is 0 Å². The highest BCUT2D eigenvalue weighted by Gasteiger charge is 2.10. The molecule has 0 aliphatic rings. The molecule has 0 spiro atoms. The Balaban J connectivity index is 2.08. The number of rotatable bonds is 6. The maximum absolute atomic E-state index is 11.9. The van der Waals surface area contributed by atoms with Crippen molar-refractivity contribution in [3.05, 3.63) is 47.5 Å². The number of ether oxygens (including phenoxy) is 3. The quantitative estimate of drug-likeness (QED) is 0.623. The van der Waals surface area contributed by atoms with E-state index in [9.17, 15) is 4.79 Å². The summed E-state index contributed by atoms with van der Waals surface area (Å²) >= 11 is 0. The van der Waals surface area contributed by atoms with Gasteiger partial charge < -0.3 is 19.5 Å². The summed E-state index contributed by atoms with van der Waals surface area (Å²) in [5.74, 6) is 1.62. The van der Waals surface area contributed by atoms with Crippen LogP contribution in [0.1, 0.15) is 11.1 Å². The number of nitrogens with zero attached hydrogens (tertiary/aromatic N) is 1. The molecule has 2 aromatic carbocycles. The van der Waals surface area contributed by atoms with Gasteiger partial charge in [-0.15, -0.1) is 0 Å². The van der Waals surface area contributed by atoms with Gasteiger partial charge in [0.05, 0.1) is 27.5 Å². The number of anilines is 1. The Morgan fingerprint density at radius 2 is 1.64 bits per heavy atom. The summed E-state index contributed by atoms with van der Waals surface area (Å²) in [4.78, 5) is 11.9. The van der Waals surface area contributed by atoms with Crippen molar-refractivity contribution in [1.82, 2.24) is 5.43 Å². The molecule has 0 saturated carbocycles. The van der Waals surface area contributed by atoms with E-state index in [4.69, 9.17) is 14.2 Å². The number of hydrogen-bond donors (Lipinski definition) is 2. The minimum Gasteiger partial charge on any atom is -0.496 e. The van der Waals surface area contributed by atoms with Gasteiger partial charge in [0, 0.05) is 17.3 Å². The number of urea groups is 1. The molecule has 0 fully saturated rings. The molecule has 2 rings (SSSR count). The summed E-state index contributed by atoms with van der Waals surface area (Å²) in [5, 5.41) is 6.67. The predicted octanol–water partition coefficient (Wildman–Crippen LogP) is 3.18. The Kier molecular flexibility index (Phi) is 6.22. The van der Waals surface area contributed by atoms with Crippen LogP contribution in [0.5, 0.6) is 17.2 Å². The Labute approximate surface area is 146 Å². The monoisotopic (exact) mass is 343 g/mol. The van der Waals surface area contributed by atoms with Crippen molar-refractivity contribution in [3.8, 4) is 17.2 Å². The smallest absolute Gasteiger partial charge is 0.339 e. The number of methoxy groups -OCH3 is 3. The number of hydrogen-bond acceptors (Lipinski definition) is 5. The van der Waals surface area contributed by atoms with Crippen LogP contribution in [0.3, 0.4) is 0 Å². The lowest BCUT2D eigenvalue weighted by atomic mass is 10.2. The maximum atomic E-state index is 11.9. The highest BCUT2D eigenvalue weighted by molar-refractivity contribution is 5.91. The molecule has 2 amide bonds. The average molecular weight is 343 g/mol. The van der Waals surface area contributed by atoms with Crippen LogP contribution in [0.4, 0.5) is 10.5 Å². The van der Waals surface area contributed by atoms with Crippen LogP contribution < -0.4 is 25.0 Å². The fourth-order valence-electron chi connectivity index (χ4n) is 2.18. The van der Waals surface area contributed by atoms with Gasteiger partial charge in [0.1, 0.15) is 5.75 Å². The van der Waals surface area contributed by atoms with Crippen LogP contribution in [0.15, 0.2) is 41.5 Å². The molecule has 2 N–H and O–H groups in total. The van der Waals surface area contributed by atoms with Crippen molar-refractivity contribution in [2.75, 3.05) is 26.6 Å². The zero-order valence-electron chi connectivity index (χ0n) is 14.6. The zero-order chi connectivity index (χ0) is 18.2. The molecule has 0 aromatic heterocycles. The largest absolute Gasteiger partial charge is 0.496 e. The van der Waals surface area contributed by atoms with Crippen LogP contribution >= 0.6 is 0 Å². The zero-order valence-corrected chi connectivity index (χ0v) is 14.6. The minimum atomic E-state index is -0.440. The highest BCUT2D eigenvalue weighted by Crippen LogP contribution is 2.33. The van der Waals surface area contributed by atoms with Gasteiger partial charge >= 0.3 is 6.03 Å². The van der Waals surface area contributed by atoms with Gasteiger partial charge in [-0.25, -0.2) is 10.2 Å². The SMILES string of the molecule is COc1cc(OC)c(OC)cc1C=NNC(=O)Nc1ccccc1C. The van der Waals surface area contributed by atoms with Gasteiger partial charge in [-0.05, 0) is 24.6 Å². The number of amides is 2. The van der Waals surface area contributed by atoms with Crippen molar-refractivity contribution in [2.45, 2.75) is 6.92 Å². The first-order valence-corrected chi connectivity index (χ1v) is 7.54. The lowest BCUT2D eigenvalue weighted by molar-refractivity contribution is 0.252. The molecule has 132 valence electrons. The van der Waals surface area contributed by atoms with E-state index in [1.165, 1.54) is 13.3 Å². The van der Waals surface area contributed by atoms with E-state index in [-0.39, 0.29) is 0 Å². The van der Waals surface area contributed by atoms with Crippen LogP contribution in [-0.4, -0.2) is 33.6 Å². The molecule has 0 radical (unpaired) electrons. The maximum Gasteiger partial charge on any atom is 0.339 e. The van der Waals surface area contributed by atoms with E-state index >= 15 is 0 Å². The Morgan fingerprint density at radius 3 is 2.28 bits per heavy atom. The van der Waals surface area contributed by atoms with E-state index in [1.807, 2.05) is 31.2 Å². The van der Waals surface area contributed by atoms with Gasteiger partial charge in [-0.3, -0.25) is 0 Å². The highest BCUT2D eigenvalue weighted by atomic mass is 16.5. The molecule has 0 saturated heterocycles. The van der Waals surface area contributed by atoms with Crippen LogP contribution in [0, 0.1) is 6.92 Å². The second-order valence-electron chi connectivity index (χ2n) is 5.09. The van der Waals surface area contributed by atoms with E-state index in [2.05, 4.69) is 15.8 Å². The van der Waals surface area contributed by atoms with Crippen molar-refractivity contribution >= 4 is 17.9 Å². The van der Waals surface area contributed by atoms with Crippen LogP contribution in [0.2, 0.25) is 0 Å². The van der Waals surface area contributed by atoms with E-state index < -0.39 is 6.03 Å². The van der Waals surface area contributed by atoms with Crippen molar-refractivity contribution in [3.63, 3.8) is 0 Å². The third kappa shape index (κ3) is 4.63. The fraction of sp³-hybridized carbons (Fsp3) is 0.222. The van der Waals surface area contributed by atoms with Crippen molar-refractivity contribution in [1.29, 1.82) is 0 Å². The molecule has 25 heavy (non-hydrogen) atoms. The topological polar surface area (TPSA) is 81.2 Å². The molecule has 0 bridgehead atoms. The molecule has 2 aromatic rings. The van der Waals surface area contributed by atoms with Gasteiger partial charge in [0.15, 0.2) is 11.5 Å². The lowest BCUT2D eigenvalue weighted by Crippen LogP contribution is -2.24. The molecule has 7 heteroatoms. The molecular formula is C18H21N3O4. The van der Waals surface area contributed by atoms with E-state index in [1.54, 1.807) is 26.4 Å². The molecule has 0 atom stereocenters.